The monoisotopic (exact) mass is 429 g/mol. The number of para-hydroxylation sites is 1. The Morgan fingerprint density at radius 3 is 2.19 bits per heavy atom. The van der Waals surface area contributed by atoms with Crippen LogP contribution in [-0.4, -0.2) is 18.2 Å². The molecule has 130 valence electrons. The van der Waals surface area contributed by atoms with Crippen molar-refractivity contribution < 1.29 is 8.42 Å². The summed E-state index contributed by atoms with van der Waals surface area (Å²) >= 11 is 3.15. The molecule has 0 N–H and O–H groups in total. The summed E-state index contributed by atoms with van der Waals surface area (Å²) in [5.74, 6) is 0. The second-order valence-corrected chi connectivity index (χ2v) is 8.16. The Morgan fingerprint density at radius 1 is 1.04 bits per heavy atom. The molecule has 0 bridgehead atoms. The maximum Gasteiger partial charge on any atom is 0.286 e. The molecule has 0 saturated carbocycles. The van der Waals surface area contributed by atoms with Crippen molar-refractivity contribution in [3.63, 3.8) is 0 Å². The Hall–Kier alpha value is -2.76. The second-order valence-electron chi connectivity index (χ2n) is 5.33. The summed E-state index contributed by atoms with van der Waals surface area (Å²) in [4.78, 5) is 12.6. The van der Waals surface area contributed by atoms with Gasteiger partial charge in [0.05, 0.1) is 27.3 Å². The van der Waals surface area contributed by atoms with Crippen LogP contribution in [0.5, 0.6) is 0 Å². The highest BCUT2D eigenvalue weighted by Gasteiger charge is 2.32. The van der Waals surface area contributed by atoms with Gasteiger partial charge in [-0.2, -0.15) is 15.0 Å². The van der Waals surface area contributed by atoms with Crippen LogP contribution in [0.2, 0.25) is 0 Å². The number of nitrogens with zero attached hydrogens (tertiary/aromatic N) is 3. The molecule has 0 amide bonds. The first-order valence-corrected chi connectivity index (χ1v) is 9.82. The Morgan fingerprint density at radius 2 is 1.62 bits per heavy atom. The molecule has 0 aliphatic carbocycles. The number of aromatic nitrogens is 2. The molecule has 26 heavy (non-hydrogen) atoms. The maximum absolute atomic E-state index is 12.8. The summed E-state index contributed by atoms with van der Waals surface area (Å²) in [6.07, 6.45) is 1.23. The van der Waals surface area contributed by atoms with Gasteiger partial charge in [-0.15, -0.1) is 0 Å². The largest absolute Gasteiger partial charge is 0.286 e. The fourth-order valence-corrected chi connectivity index (χ4v) is 4.54. The topological polar surface area (TPSA) is 92.8 Å². The van der Waals surface area contributed by atoms with Crippen molar-refractivity contribution in [1.29, 1.82) is 5.26 Å². The summed E-state index contributed by atoms with van der Waals surface area (Å²) in [5, 5.41) is 12.0. The van der Waals surface area contributed by atoms with Crippen molar-refractivity contribution in [2.45, 2.75) is 10.1 Å². The molecule has 1 atom stereocenters. The molecule has 6 nitrogen and oxygen atoms in total. The van der Waals surface area contributed by atoms with Gasteiger partial charge in [0.1, 0.15) is 0 Å². The SMILES string of the molecule is N#CC(c1cnn(-c2ccccc2)c(=O)c1Br)S(=O)(=O)c1ccccc1. The van der Waals surface area contributed by atoms with Gasteiger partial charge < -0.3 is 0 Å². The zero-order chi connectivity index (χ0) is 18.7. The van der Waals surface area contributed by atoms with Gasteiger partial charge in [0.15, 0.2) is 15.1 Å². The van der Waals surface area contributed by atoms with E-state index in [-0.39, 0.29) is 14.9 Å². The minimum atomic E-state index is -4.00. The predicted octanol–water partition coefficient (Wildman–Crippen LogP) is 3.03. The Bertz CT molecular complexity index is 1140. The lowest BCUT2D eigenvalue weighted by Crippen LogP contribution is -2.25. The van der Waals surface area contributed by atoms with Crippen LogP contribution < -0.4 is 5.56 Å². The Labute approximate surface area is 158 Å². The lowest BCUT2D eigenvalue weighted by atomic mass is 10.2. The minimum absolute atomic E-state index is 0.00527. The van der Waals surface area contributed by atoms with Crippen LogP contribution in [0, 0.1) is 11.3 Å². The highest BCUT2D eigenvalue weighted by atomic mass is 79.9. The molecular formula is C18H12BrN3O3S. The average molecular weight is 430 g/mol. The Kier molecular flexibility index (Phi) is 5.02. The van der Waals surface area contributed by atoms with Crippen LogP contribution in [0.3, 0.4) is 0 Å². The molecule has 3 rings (SSSR count). The first-order valence-electron chi connectivity index (χ1n) is 7.48. The van der Waals surface area contributed by atoms with E-state index >= 15 is 0 Å². The van der Waals surface area contributed by atoms with E-state index in [4.69, 9.17) is 0 Å². The van der Waals surface area contributed by atoms with Crippen molar-refractivity contribution in [2.75, 3.05) is 0 Å². The first-order chi connectivity index (χ1) is 12.5. The van der Waals surface area contributed by atoms with Crippen molar-refractivity contribution in [3.8, 4) is 11.8 Å². The van der Waals surface area contributed by atoms with Crippen molar-refractivity contribution in [2.24, 2.45) is 0 Å². The fourth-order valence-electron chi connectivity index (χ4n) is 2.43. The predicted molar refractivity (Wildman–Crippen MR) is 99.5 cm³/mol. The zero-order valence-electron chi connectivity index (χ0n) is 13.3. The number of halogens is 1. The fraction of sp³-hybridized carbons (Fsp3) is 0.0556. The molecule has 2 aromatic carbocycles. The second kappa shape index (κ2) is 7.23. The third kappa shape index (κ3) is 3.19. The summed E-state index contributed by atoms with van der Waals surface area (Å²) in [6, 6.07) is 18.1. The van der Waals surface area contributed by atoms with Crippen LogP contribution in [0.25, 0.3) is 5.69 Å². The Balaban J connectivity index is 2.14. The zero-order valence-corrected chi connectivity index (χ0v) is 15.7. The minimum Gasteiger partial charge on any atom is -0.266 e. The van der Waals surface area contributed by atoms with Gasteiger partial charge in [0.25, 0.3) is 5.56 Å². The van der Waals surface area contributed by atoms with Crippen LogP contribution in [0.4, 0.5) is 0 Å². The molecule has 8 heteroatoms. The van der Waals surface area contributed by atoms with Crippen molar-refractivity contribution >= 4 is 25.8 Å². The summed E-state index contributed by atoms with van der Waals surface area (Å²) in [5.41, 5.74) is -0.00470. The lowest BCUT2D eigenvalue weighted by molar-refractivity contribution is 0.590. The molecule has 0 aliphatic rings. The van der Waals surface area contributed by atoms with E-state index < -0.39 is 20.6 Å². The van der Waals surface area contributed by atoms with Gasteiger partial charge in [-0.05, 0) is 40.2 Å². The van der Waals surface area contributed by atoms with Crippen molar-refractivity contribution in [1.82, 2.24) is 9.78 Å². The third-order valence-electron chi connectivity index (χ3n) is 3.73. The van der Waals surface area contributed by atoms with Crippen LogP contribution in [-0.2, 0) is 9.84 Å². The van der Waals surface area contributed by atoms with Crippen LogP contribution in [0.1, 0.15) is 10.8 Å². The maximum atomic E-state index is 12.8. The van der Waals surface area contributed by atoms with Crippen molar-refractivity contribution in [3.05, 3.63) is 87.3 Å². The van der Waals surface area contributed by atoms with Crippen LogP contribution in [0.15, 0.2) is 81.0 Å². The highest BCUT2D eigenvalue weighted by molar-refractivity contribution is 9.10. The first kappa shape index (κ1) is 18.0. The molecule has 0 saturated heterocycles. The van der Waals surface area contributed by atoms with E-state index in [1.807, 2.05) is 0 Å². The number of hydrogen-bond donors (Lipinski definition) is 0. The third-order valence-corrected chi connectivity index (χ3v) is 6.43. The molecule has 0 radical (unpaired) electrons. The normalized spacial score (nSPS) is 12.3. The van der Waals surface area contributed by atoms with Gasteiger partial charge in [-0.3, -0.25) is 4.79 Å². The van der Waals surface area contributed by atoms with E-state index in [0.29, 0.717) is 5.69 Å². The standard InChI is InChI=1S/C18H12BrN3O3S/c19-17-15(12-21-22(18(17)23)13-7-3-1-4-8-13)16(11-20)26(24,25)14-9-5-2-6-10-14/h1-10,12,16H. The summed E-state index contributed by atoms with van der Waals surface area (Å²) < 4.78 is 26.7. The molecule has 0 aliphatic heterocycles. The average Bonchev–Trinajstić information content (AvgIpc) is 2.67. The van der Waals surface area contributed by atoms with Gasteiger partial charge in [0, 0.05) is 5.56 Å². The summed E-state index contributed by atoms with van der Waals surface area (Å²) in [6.45, 7) is 0. The quantitative estimate of drug-likeness (QED) is 0.635. The molecule has 1 aromatic heterocycles. The van der Waals surface area contributed by atoms with E-state index in [0.717, 1.165) is 4.68 Å². The number of benzene rings is 2. The van der Waals surface area contributed by atoms with E-state index in [1.54, 1.807) is 54.6 Å². The van der Waals surface area contributed by atoms with Gasteiger partial charge in [0.2, 0.25) is 0 Å². The summed E-state index contributed by atoms with van der Waals surface area (Å²) in [7, 11) is -4.00. The lowest BCUT2D eigenvalue weighted by Gasteiger charge is -2.13. The number of hydrogen-bond acceptors (Lipinski definition) is 5. The van der Waals surface area contributed by atoms with Crippen LogP contribution >= 0.6 is 15.9 Å². The molecular weight excluding hydrogens is 418 g/mol. The number of rotatable bonds is 4. The van der Waals surface area contributed by atoms with E-state index in [9.17, 15) is 18.5 Å². The molecule has 0 spiro atoms. The number of nitriles is 1. The molecule has 0 fully saturated rings. The number of sulfone groups is 1. The smallest absolute Gasteiger partial charge is 0.266 e. The molecule has 1 unspecified atom stereocenters. The van der Waals surface area contributed by atoms with Gasteiger partial charge in [-0.1, -0.05) is 36.4 Å². The van der Waals surface area contributed by atoms with E-state index in [1.165, 1.54) is 18.3 Å². The molecule has 1 heterocycles. The highest BCUT2D eigenvalue weighted by Crippen LogP contribution is 2.31. The van der Waals surface area contributed by atoms with E-state index in [2.05, 4.69) is 21.0 Å². The van der Waals surface area contributed by atoms with Gasteiger partial charge >= 0.3 is 0 Å². The van der Waals surface area contributed by atoms with Gasteiger partial charge in [-0.25, -0.2) is 8.42 Å². The molecule has 3 aromatic rings.